The lowest BCUT2D eigenvalue weighted by atomic mass is 10.2. The highest BCUT2D eigenvalue weighted by Crippen LogP contribution is 2.14. The number of ether oxygens (including phenoxy) is 1. The number of rotatable bonds is 7. The van der Waals surface area contributed by atoms with Crippen LogP contribution in [0.4, 0.5) is 0 Å². The summed E-state index contributed by atoms with van der Waals surface area (Å²) in [6.45, 7) is 4.21. The van der Waals surface area contributed by atoms with E-state index < -0.39 is 0 Å². The van der Waals surface area contributed by atoms with Gasteiger partial charge in [0.25, 0.3) is 5.91 Å². The van der Waals surface area contributed by atoms with Gasteiger partial charge < -0.3 is 14.5 Å². The van der Waals surface area contributed by atoms with Crippen LogP contribution in [0.3, 0.4) is 0 Å². The zero-order chi connectivity index (χ0) is 16.7. The van der Waals surface area contributed by atoms with Crippen LogP contribution in [0.15, 0.2) is 46.9 Å². The van der Waals surface area contributed by atoms with E-state index >= 15 is 0 Å². The van der Waals surface area contributed by atoms with Crippen LogP contribution in [0, 0.1) is 6.92 Å². The number of aryl methyl sites for hydroxylation is 1. The fourth-order valence-corrected chi connectivity index (χ4v) is 1.89. The fourth-order valence-electron chi connectivity index (χ4n) is 1.89. The molecule has 23 heavy (non-hydrogen) atoms. The molecule has 0 saturated carbocycles. The van der Waals surface area contributed by atoms with E-state index in [1.165, 1.54) is 6.08 Å². The Morgan fingerprint density at radius 1 is 1.17 bits per heavy atom. The third-order valence-electron chi connectivity index (χ3n) is 3.03. The molecule has 0 radical (unpaired) electrons. The molecule has 1 aromatic heterocycles. The minimum Gasteiger partial charge on any atom is -0.484 e. The average Bonchev–Trinajstić information content (AvgIpc) is 2.98. The van der Waals surface area contributed by atoms with Crippen molar-refractivity contribution in [3.63, 3.8) is 0 Å². The smallest absolute Gasteiger partial charge is 0.257 e. The molecular weight excluding hydrogens is 294 g/mol. The average molecular weight is 313 g/mol. The van der Waals surface area contributed by atoms with Gasteiger partial charge in [-0.25, -0.2) is 0 Å². The van der Waals surface area contributed by atoms with Gasteiger partial charge in [0.2, 0.25) is 5.78 Å². The molecule has 120 valence electrons. The Kier molecular flexibility index (Phi) is 5.74. The molecule has 0 spiro atoms. The quantitative estimate of drug-likeness (QED) is 0.630. The lowest BCUT2D eigenvalue weighted by Crippen LogP contribution is -2.28. The number of nitrogens with one attached hydrogen (secondary N) is 1. The van der Waals surface area contributed by atoms with Crippen LogP contribution in [0.1, 0.15) is 28.8 Å². The molecule has 0 fully saturated rings. The van der Waals surface area contributed by atoms with Crippen molar-refractivity contribution >= 4 is 17.8 Å². The van der Waals surface area contributed by atoms with Gasteiger partial charge in [0, 0.05) is 6.54 Å². The summed E-state index contributed by atoms with van der Waals surface area (Å²) in [4.78, 5) is 23.2. The van der Waals surface area contributed by atoms with Crippen molar-refractivity contribution in [2.45, 2.75) is 13.8 Å². The molecule has 1 amide bonds. The lowest BCUT2D eigenvalue weighted by Gasteiger charge is -2.06. The zero-order valence-electron chi connectivity index (χ0n) is 13.2. The summed E-state index contributed by atoms with van der Waals surface area (Å²) in [5.74, 6) is 1.28. The van der Waals surface area contributed by atoms with Gasteiger partial charge in [-0.3, -0.25) is 9.59 Å². The van der Waals surface area contributed by atoms with Crippen molar-refractivity contribution in [1.29, 1.82) is 0 Å². The van der Waals surface area contributed by atoms with E-state index in [9.17, 15) is 9.59 Å². The predicted octanol–water partition coefficient (Wildman–Crippen LogP) is 3.00. The van der Waals surface area contributed by atoms with Gasteiger partial charge in [-0.2, -0.15) is 0 Å². The number of hydrogen-bond acceptors (Lipinski definition) is 4. The Labute approximate surface area is 134 Å². The van der Waals surface area contributed by atoms with Crippen LogP contribution in [-0.4, -0.2) is 24.8 Å². The van der Waals surface area contributed by atoms with Crippen molar-refractivity contribution in [2.24, 2.45) is 0 Å². The third kappa shape index (κ3) is 5.14. The summed E-state index contributed by atoms with van der Waals surface area (Å²) >= 11 is 0. The van der Waals surface area contributed by atoms with Crippen molar-refractivity contribution in [2.75, 3.05) is 13.2 Å². The van der Waals surface area contributed by atoms with Gasteiger partial charge in [0.1, 0.15) is 11.5 Å². The maximum Gasteiger partial charge on any atom is 0.257 e. The molecule has 0 atom stereocenters. The molecule has 1 aromatic carbocycles. The summed E-state index contributed by atoms with van der Waals surface area (Å²) in [6, 6.07) is 10.5. The van der Waals surface area contributed by atoms with Gasteiger partial charge >= 0.3 is 0 Å². The highest BCUT2D eigenvalue weighted by molar-refractivity contribution is 6.04. The van der Waals surface area contributed by atoms with Gasteiger partial charge in [-0.05, 0) is 49.8 Å². The summed E-state index contributed by atoms with van der Waals surface area (Å²) in [7, 11) is 0. The monoisotopic (exact) mass is 313 g/mol. The maximum atomic E-state index is 11.9. The second kappa shape index (κ2) is 7.98. The molecule has 5 heteroatoms. The second-order valence-corrected chi connectivity index (χ2v) is 4.92. The van der Waals surface area contributed by atoms with Gasteiger partial charge in [-0.1, -0.05) is 18.2 Å². The second-order valence-electron chi connectivity index (χ2n) is 4.92. The summed E-state index contributed by atoms with van der Waals surface area (Å²) in [5.41, 5.74) is 0.854. The molecule has 0 aliphatic rings. The molecule has 0 aliphatic heterocycles. The van der Waals surface area contributed by atoms with Crippen LogP contribution in [0.25, 0.3) is 6.08 Å². The first-order valence-corrected chi connectivity index (χ1v) is 7.37. The molecule has 0 aliphatic carbocycles. The number of allylic oxidation sites excluding steroid dienone is 1. The van der Waals surface area contributed by atoms with Crippen LogP contribution in [-0.2, 0) is 4.79 Å². The fraction of sp³-hybridized carbons (Fsp3) is 0.222. The first kappa shape index (κ1) is 16.5. The van der Waals surface area contributed by atoms with Crippen molar-refractivity contribution in [3.05, 3.63) is 59.6 Å². The molecule has 0 saturated heterocycles. The minimum atomic E-state index is -0.185. The summed E-state index contributed by atoms with van der Waals surface area (Å²) in [5, 5.41) is 2.66. The van der Waals surface area contributed by atoms with E-state index in [0.29, 0.717) is 23.8 Å². The first-order valence-electron chi connectivity index (χ1n) is 7.37. The number of furan rings is 1. The number of likely N-dealkylation sites (N-methyl/N-ethyl adjacent to an activating group) is 1. The number of ketones is 1. The molecule has 0 bridgehead atoms. The highest BCUT2D eigenvalue weighted by Gasteiger charge is 2.06. The van der Waals surface area contributed by atoms with Crippen LogP contribution in [0.5, 0.6) is 5.75 Å². The van der Waals surface area contributed by atoms with E-state index in [2.05, 4.69) is 5.32 Å². The molecule has 1 N–H and O–H groups in total. The molecular formula is C18H19NO4. The largest absolute Gasteiger partial charge is 0.484 e. The Morgan fingerprint density at radius 2 is 1.91 bits per heavy atom. The van der Waals surface area contributed by atoms with E-state index in [4.69, 9.17) is 9.15 Å². The zero-order valence-corrected chi connectivity index (χ0v) is 13.2. The van der Waals surface area contributed by atoms with Crippen molar-refractivity contribution < 1.29 is 18.7 Å². The topological polar surface area (TPSA) is 68.5 Å². The Hall–Kier alpha value is -2.82. The SMILES string of the molecule is CCNC(=O)COc1ccc(/C=C/C(=O)c2ccc(C)o2)cc1. The standard InChI is InChI=1S/C18H19NO4/c1-3-19-18(21)12-22-15-8-5-14(6-9-15)7-10-16(20)17-11-4-13(2)23-17/h4-11H,3,12H2,1-2H3,(H,19,21)/b10-7+. The molecule has 2 rings (SSSR count). The number of hydrogen-bond donors (Lipinski definition) is 1. The van der Waals surface area contributed by atoms with Gasteiger partial charge in [-0.15, -0.1) is 0 Å². The highest BCUT2D eigenvalue weighted by atomic mass is 16.5. The van der Waals surface area contributed by atoms with E-state index in [0.717, 1.165) is 5.56 Å². The van der Waals surface area contributed by atoms with Gasteiger partial charge in [0.05, 0.1) is 0 Å². The third-order valence-corrected chi connectivity index (χ3v) is 3.03. The summed E-state index contributed by atoms with van der Waals surface area (Å²) < 4.78 is 10.6. The van der Waals surface area contributed by atoms with Crippen LogP contribution >= 0.6 is 0 Å². The number of carbonyl (C=O) groups excluding carboxylic acids is 2. The molecule has 5 nitrogen and oxygen atoms in total. The molecule has 1 heterocycles. The Morgan fingerprint density at radius 3 is 2.52 bits per heavy atom. The Bertz CT molecular complexity index is 698. The Balaban J connectivity index is 1.90. The predicted molar refractivity (Wildman–Crippen MR) is 87.4 cm³/mol. The van der Waals surface area contributed by atoms with E-state index in [1.54, 1.807) is 37.3 Å². The van der Waals surface area contributed by atoms with Crippen LogP contribution < -0.4 is 10.1 Å². The van der Waals surface area contributed by atoms with Gasteiger partial charge in [0.15, 0.2) is 12.4 Å². The number of carbonyl (C=O) groups is 2. The first-order chi connectivity index (χ1) is 11.1. The summed E-state index contributed by atoms with van der Waals surface area (Å²) in [6.07, 6.45) is 3.16. The van der Waals surface area contributed by atoms with Crippen molar-refractivity contribution in [1.82, 2.24) is 5.32 Å². The molecule has 0 unspecified atom stereocenters. The van der Waals surface area contributed by atoms with E-state index in [1.807, 2.05) is 19.1 Å². The van der Waals surface area contributed by atoms with Crippen molar-refractivity contribution in [3.8, 4) is 5.75 Å². The number of amides is 1. The number of benzene rings is 1. The maximum absolute atomic E-state index is 11.9. The lowest BCUT2D eigenvalue weighted by molar-refractivity contribution is -0.122. The van der Waals surface area contributed by atoms with Crippen LogP contribution in [0.2, 0.25) is 0 Å². The molecule has 2 aromatic rings. The normalized spacial score (nSPS) is 10.7. The van der Waals surface area contributed by atoms with E-state index in [-0.39, 0.29) is 18.3 Å². The minimum absolute atomic E-state index is 0.0145.